The van der Waals surface area contributed by atoms with Gasteiger partial charge in [-0.1, -0.05) is 23.9 Å². The Kier molecular flexibility index (Phi) is 4.85. The molecule has 0 saturated heterocycles. The van der Waals surface area contributed by atoms with Crippen LogP contribution in [0.2, 0.25) is 0 Å². The van der Waals surface area contributed by atoms with Crippen molar-refractivity contribution in [3.05, 3.63) is 42.2 Å². The average Bonchev–Trinajstić information content (AvgIpc) is 2.84. The second kappa shape index (κ2) is 6.43. The summed E-state index contributed by atoms with van der Waals surface area (Å²) in [6, 6.07) is 6.73. The van der Waals surface area contributed by atoms with E-state index in [9.17, 15) is 8.42 Å². The number of aryl methyl sites for hydroxylation is 1. The molecule has 0 bridgehead atoms. The van der Waals surface area contributed by atoms with Crippen molar-refractivity contribution in [2.45, 2.75) is 16.6 Å². The van der Waals surface area contributed by atoms with E-state index in [1.54, 1.807) is 30.5 Å². The van der Waals surface area contributed by atoms with Gasteiger partial charge in [0.25, 0.3) is 0 Å². The lowest BCUT2D eigenvalue weighted by molar-refractivity contribution is 0.597. The van der Waals surface area contributed by atoms with Gasteiger partial charge < -0.3 is 10.3 Å². The largest absolute Gasteiger partial charge is 0.329 e. The molecule has 7 heteroatoms. The van der Waals surface area contributed by atoms with Crippen LogP contribution in [-0.2, 0) is 23.4 Å². The van der Waals surface area contributed by atoms with Crippen molar-refractivity contribution in [2.24, 2.45) is 12.8 Å². The molecule has 5 nitrogen and oxygen atoms in total. The van der Waals surface area contributed by atoms with Crippen LogP contribution in [-0.4, -0.2) is 29.5 Å². The lowest BCUT2D eigenvalue weighted by Crippen LogP contribution is -2.09. The second-order valence-electron chi connectivity index (χ2n) is 4.34. The van der Waals surface area contributed by atoms with Gasteiger partial charge in [-0.05, 0) is 17.7 Å². The summed E-state index contributed by atoms with van der Waals surface area (Å²) in [6.45, 7) is 0.412. The smallest absolute Gasteiger partial charge is 0.179 e. The van der Waals surface area contributed by atoms with Crippen molar-refractivity contribution in [2.75, 3.05) is 11.5 Å². The highest BCUT2D eigenvalue weighted by molar-refractivity contribution is 8.00. The van der Waals surface area contributed by atoms with Crippen LogP contribution in [0.1, 0.15) is 5.56 Å². The normalized spacial score (nSPS) is 11.7. The number of hydrogen-bond acceptors (Lipinski definition) is 5. The van der Waals surface area contributed by atoms with E-state index in [4.69, 9.17) is 5.73 Å². The maximum atomic E-state index is 12.2. The predicted octanol–water partition coefficient (Wildman–Crippen LogP) is 1.44. The van der Waals surface area contributed by atoms with Gasteiger partial charge in [-0.3, -0.25) is 0 Å². The molecule has 2 aromatic rings. The molecule has 0 saturated carbocycles. The van der Waals surface area contributed by atoms with Crippen LogP contribution in [0, 0.1) is 0 Å². The molecule has 0 fully saturated rings. The Labute approximate surface area is 123 Å². The molecule has 0 aliphatic carbocycles. The Balaban J connectivity index is 1.98. The second-order valence-corrected chi connectivity index (χ2v) is 7.51. The zero-order chi connectivity index (χ0) is 14.6. The van der Waals surface area contributed by atoms with Gasteiger partial charge in [-0.2, -0.15) is 0 Å². The maximum Gasteiger partial charge on any atom is 0.179 e. The zero-order valence-electron chi connectivity index (χ0n) is 11.2. The summed E-state index contributed by atoms with van der Waals surface area (Å²) in [5, 5.41) is 0.818. The minimum atomic E-state index is -3.25. The fourth-order valence-electron chi connectivity index (χ4n) is 1.68. The summed E-state index contributed by atoms with van der Waals surface area (Å²) in [5.41, 5.74) is 6.42. The highest BCUT2D eigenvalue weighted by Gasteiger charge is 2.14. The number of sulfone groups is 1. The molecule has 0 radical (unpaired) electrons. The topological polar surface area (TPSA) is 78.0 Å². The van der Waals surface area contributed by atoms with Gasteiger partial charge >= 0.3 is 0 Å². The third kappa shape index (κ3) is 3.62. The van der Waals surface area contributed by atoms with Crippen LogP contribution in [0.25, 0.3) is 0 Å². The molecule has 0 atom stereocenters. The van der Waals surface area contributed by atoms with Gasteiger partial charge in [-0.25, -0.2) is 13.4 Å². The molecule has 2 N–H and O–H groups in total. The molecule has 0 spiro atoms. The fourth-order valence-corrected chi connectivity index (χ4v) is 4.26. The molecule has 0 aliphatic rings. The van der Waals surface area contributed by atoms with E-state index >= 15 is 0 Å². The summed E-state index contributed by atoms with van der Waals surface area (Å²) in [7, 11) is -1.37. The molecular weight excluding hydrogens is 294 g/mol. The Morgan fingerprint density at radius 1 is 1.30 bits per heavy atom. The lowest BCUT2D eigenvalue weighted by Gasteiger charge is -2.05. The first-order valence-electron chi connectivity index (χ1n) is 6.15. The number of benzene rings is 1. The third-order valence-corrected chi connectivity index (χ3v) is 5.93. The van der Waals surface area contributed by atoms with Crippen LogP contribution in [0.3, 0.4) is 0 Å². The molecule has 1 aromatic carbocycles. The number of nitrogens with two attached hydrogens (primary N) is 1. The number of rotatable bonds is 6. The first-order valence-corrected chi connectivity index (χ1v) is 8.78. The Morgan fingerprint density at radius 2 is 2.00 bits per heavy atom. The number of nitrogens with zero attached hydrogens (tertiary/aromatic N) is 2. The van der Waals surface area contributed by atoms with E-state index in [-0.39, 0.29) is 5.75 Å². The van der Waals surface area contributed by atoms with E-state index in [1.165, 1.54) is 11.8 Å². The van der Waals surface area contributed by atoms with E-state index < -0.39 is 9.84 Å². The Morgan fingerprint density at radius 3 is 2.55 bits per heavy atom. The molecule has 1 aromatic heterocycles. The first-order chi connectivity index (χ1) is 9.53. The Bertz CT molecular complexity index is 663. The highest BCUT2D eigenvalue weighted by atomic mass is 32.2. The number of thioether (sulfide) groups is 1. The standard InChI is InChI=1S/C13H17N3O2S2/c1-16-7-6-15-13(16)19-8-9-20(17,18)12-4-2-11(10-14)3-5-12/h2-7H,8-10,14H2,1H3. The lowest BCUT2D eigenvalue weighted by atomic mass is 10.2. The van der Waals surface area contributed by atoms with Gasteiger partial charge in [-0.15, -0.1) is 0 Å². The summed E-state index contributed by atoms with van der Waals surface area (Å²) in [4.78, 5) is 4.49. The predicted molar refractivity (Wildman–Crippen MR) is 80.3 cm³/mol. The number of aromatic nitrogens is 2. The minimum absolute atomic E-state index is 0.0898. The van der Waals surface area contributed by atoms with Gasteiger partial charge in [0.1, 0.15) is 0 Å². The van der Waals surface area contributed by atoms with Crippen molar-refractivity contribution in [3.63, 3.8) is 0 Å². The summed E-state index contributed by atoms with van der Waals surface area (Å²) in [6.07, 6.45) is 3.53. The maximum absolute atomic E-state index is 12.2. The van der Waals surface area contributed by atoms with Gasteiger partial charge in [0.05, 0.1) is 10.6 Å². The fraction of sp³-hybridized carbons (Fsp3) is 0.308. The first kappa shape index (κ1) is 15.1. The van der Waals surface area contributed by atoms with Gasteiger partial charge in [0.2, 0.25) is 0 Å². The van der Waals surface area contributed by atoms with Gasteiger partial charge in [0, 0.05) is 31.7 Å². The minimum Gasteiger partial charge on any atom is -0.329 e. The third-order valence-electron chi connectivity index (χ3n) is 2.88. The van der Waals surface area contributed by atoms with E-state index in [0.717, 1.165) is 10.7 Å². The van der Waals surface area contributed by atoms with Crippen molar-refractivity contribution < 1.29 is 8.42 Å². The average molecular weight is 311 g/mol. The Hall–Kier alpha value is -1.31. The van der Waals surface area contributed by atoms with E-state index in [1.807, 2.05) is 17.8 Å². The quantitative estimate of drug-likeness (QED) is 0.817. The van der Waals surface area contributed by atoms with Gasteiger partial charge in [0.15, 0.2) is 15.0 Å². The number of hydrogen-bond donors (Lipinski definition) is 1. The number of imidazole rings is 1. The molecule has 108 valence electrons. The molecule has 1 heterocycles. The molecule has 20 heavy (non-hydrogen) atoms. The van der Waals surface area contributed by atoms with E-state index in [0.29, 0.717) is 17.2 Å². The molecular formula is C13H17N3O2S2. The van der Waals surface area contributed by atoms with Crippen LogP contribution >= 0.6 is 11.8 Å². The van der Waals surface area contributed by atoms with Crippen molar-refractivity contribution >= 4 is 21.6 Å². The summed E-state index contributed by atoms with van der Waals surface area (Å²) >= 11 is 1.44. The molecule has 0 aliphatic heterocycles. The van der Waals surface area contributed by atoms with Crippen LogP contribution in [0.4, 0.5) is 0 Å². The monoisotopic (exact) mass is 311 g/mol. The van der Waals surface area contributed by atoms with Crippen molar-refractivity contribution in [1.29, 1.82) is 0 Å². The van der Waals surface area contributed by atoms with Crippen LogP contribution in [0.5, 0.6) is 0 Å². The highest BCUT2D eigenvalue weighted by Crippen LogP contribution is 2.18. The van der Waals surface area contributed by atoms with Crippen LogP contribution < -0.4 is 5.73 Å². The van der Waals surface area contributed by atoms with Crippen molar-refractivity contribution in [3.8, 4) is 0 Å². The SMILES string of the molecule is Cn1ccnc1SCCS(=O)(=O)c1ccc(CN)cc1. The van der Waals surface area contributed by atoms with Crippen molar-refractivity contribution in [1.82, 2.24) is 9.55 Å². The zero-order valence-corrected chi connectivity index (χ0v) is 12.8. The summed E-state index contributed by atoms with van der Waals surface area (Å²) in [5.74, 6) is 0.568. The summed E-state index contributed by atoms with van der Waals surface area (Å²) < 4.78 is 26.2. The van der Waals surface area contributed by atoms with E-state index in [2.05, 4.69) is 4.98 Å². The van der Waals surface area contributed by atoms with Crippen LogP contribution in [0.15, 0.2) is 46.7 Å². The molecule has 0 unspecified atom stereocenters. The molecule has 2 rings (SSSR count). The molecule has 0 amide bonds.